The minimum Gasteiger partial charge on any atom is -0.480 e. The lowest BCUT2D eigenvalue weighted by atomic mass is 9.84. The molecule has 21 heavy (non-hydrogen) atoms. The fourth-order valence-electron chi connectivity index (χ4n) is 3.41. The number of amides is 2. The molecule has 2 amide bonds. The number of carbonyl (C=O) groups is 2. The third kappa shape index (κ3) is 3.50. The van der Waals surface area contributed by atoms with E-state index in [-0.39, 0.29) is 18.0 Å². The Kier molecular flexibility index (Phi) is 4.79. The average molecular weight is 296 g/mol. The summed E-state index contributed by atoms with van der Waals surface area (Å²) in [6.07, 6.45) is 7.35. The minimum atomic E-state index is -1.12. The number of carbonyl (C=O) groups excluding carboxylic acids is 1. The summed E-state index contributed by atoms with van der Waals surface area (Å²) in [7, 11) is 1.79. The van der Waals surface area contributed by atoms with Crippen molar-refractivity contribution in [3.63, 3.8) is 0 Å². The number of hydrogen-bond donors (Lipinski definition) is 2. The molecular weight excluding hydrogens is 268 g/mol. The van der Waals surface area contributed by atoms with E-state index in [0.717, 1.165) is 44.4 Å². The number of aliphatic carboxylic acids is 1. The van der Waals surface area contributed by atoms with E-state index in [1.54, 1.807) is 18.9 Å². The number of rotatable bonds is 5. The number of carboxylic acid groups (broad SMARTS) is 1. The van der Waals surface area contributed by atoms with Crippen LogP contribution in [-0.4, -0.2) is 40.6 Å². The second-order valence-corrected chi connectivity index (χ2v) is 6.91. The van der Waals surface area contributed by atoms with Crippen LogP contribution < -0.4 is 5.32 Å². The highest BCUT2D eigenvalue weighted by molar-refractivity contribution is 5.86. The Bertz CT molecular complexity index is 400. The van der Waals surface area contributed by atoms with Gasteiger partial charge in [-0.05, 0) is 57.3 Å². The Morgan fingerprint density at radius 2 is 1.76 bits per heavy atom. The fraction of sp³-hybridized carbons (Fsp3) is 0.875. The van der Waals surface area contributed by atoms with Gasteiger partial charge in [-0.25, -0.2) is 9.59 Å². The smallest absolute Gasteiger partial charge is 0.329 e. The van der Waals surface area contributed by atoms with E-state index in [0.29, 0.717) is 0 Å². The quantitative estimate of drug-likeness (QED) is 0.819. The van der Waals surface area contributed by atoms with Gasteiger partial charge in [0.15, 0.2) is 0 Å². The van der Waals surface area contributed by atoms with Gasteiger partial charge in [0.05, 0.1) is 0 Å². The first kappa shape index (κ1) is 16.1. The lowest BCUT2D eigenvalue weighted by Gasteiger charge is -2.36. The first-order chi connectivity index (χ1) is 9.88. The van der Waals surface area contributed by atoms with E-state index >= 15 is 0 Å². The van der Waals surface area contributed by atoms with Crippen molar-refractivity contribution in [1.82, 2.24) is 10.2 Å². The molecule has 5 heteroatoms. The molecule has 0 bridgehead atoms. The second kappa shape index (κ2) is 6.24. The molecule has 2 N–H and O–H groups in total. The summed E-state index contributed by atoms with van der Waals surface area (Å²) in [5, 5.41) is 12.2. The van der Waals surface area contributed by atoms with Crippen LogP contribution in [0, 0.1) is 11.8 Å². The molecule has 0 aromatic carbocycles. The molecule has 2 aliphatic carbocycles. The largest absolute Gasteiger partial charge is 0.480 e. The molecule has 120 valence electrons. The Hall–Kier alpha value is -1.26. The van der Waals surface area contributed by atoms with Crippen molar-refractivity contribution in [1.29, 1.82) is 0 Å². The second-order valence-electron chi connectivity index (χ2n) is 6.91. The van der Waals surface area contributed by atoms with Crippen molar-refractivity contribution < 1.29 is 14.7 Å². The predicted molar refractivity (Wildman–Crippen MR) is 81.1 cm³/mol. The summed E-state index contributed by atoms with van der Waals surface area (Å²) in [4.78, 5) is 25.6. The standard InChI is InChI=1S/C16H28N2O3/c1-4-11-5-9-13(10-6-11)18(3)15(21)17-16(2,14(19)20)12-7-8-12/h11-13H,4-10H2,1-3H3,(H,17,21)(H,19,20). The van der Waals surface area contributed by atoms with Gasteiger partial charge >= 0.3 is 12.0 Å². The van der Waals surface area contributed by atoms with E-state index in [9.17, 15) is 14.7 Å². The van der Waals surface area contributed by atoms with Crippen LogP contribution in [0.5, 0.6) is 0 Å². The fourth-order valence-corrected chi connectivity index (χ4v) is 3.41. The predicted octanol–water partition coefficient (Wildman–Crippen LogP) is 2.85. The molecule has 2 aliphatic rings. The molecule has 0 saturated heterocycles. The Balaban J connectivity index is 1.92. The van der Waals surface area contributed by atoms with Crippen LogP contribution in [0.4, 0.5) is 4.79 Å². The topological polar surface area (TPSA) is 69.6 Å². The van der Waals surface area contributed by atoms with Gasteiger partial charge in [0, 0.05) is 13.1 Å². The van der Waals surface area contributed by atoms with E-state index < -0.39 is 11.5 Å². The van der Waals surface area contributed by atoms with Gasteiger partial charge in [-0.3, -0.25) is 0 Å². The Morgan fingerprint density at radius 1 is 1.19 bits per heavy atom. The maximum absolute atomic E-state index is 12.4. The minimum absolute atomic E-state index is 0.0724. The van der Waals surface area contributed by atoms with E-state index in [1.807, 2.05) is 0 Å². The normalized spacial score (nSPS) is 28.5. The highest BCUT2D eigenvalue weighted by Crippen LogP contribution is 2.40. The van der Waals surface area contributed by atoms with Gasteiger partial charge in [0.25, 0.3) is 0 Å². The number of urea groups is 1. The molecule has 0 aromatic rings. The Morgan fingerprint density at radius 3 is 2.19 bits per heavy atom. The van der Waals surface area contributed by atoms with E-state index in [1.165, 1.54) is 6.42 Å². The van der Waals surface area contributed by atoms with Crippen LogP contribution in [0.3, 0.4) is 0 Å². The summed E-state index contributed by atoms with van der Waals surface area (Å²) < 4.78 is 0. The molecule has 2 fully saturated rings. The number of nitrogens with one attached hydrogen (secondary N) is 1. The molecule has 0 aliphatic heterocycles. The van der Waals surface area contributed by atoms with Gasteiger partial charge in [-0.2, -0.15) is 0 Å². The van der Waals surface area contributed by atoms with Crippen molar-refractivity contribution in [2.24, 2.45) is 11.8 Å². The van der Waals surface area contributed by atoms with Crippen LogP contribution in [0.25, 0.3) is 0 Å². The SMILES string of the molecule is CCC1CCC(N(C)C(=O)NC(C)(C(=O)O)C2CC2)CC1. The molecule has 2 saturated carbocycles. The summed E-state index contributed by atoms with van der Waals surface area (Å²) in [6, 6.07) is -0.00297. The molecule has 1 unspecified atom stereocenters. The summed E-state index contributed by atoms with van der Waals surface area (Å²) >= 11 is 0. The maximum Gasteiger partial charge on any atom is 0.329 e. The lowest BCUT2D eigenvalue weighted by Crippen LogP contribution is -2.58. The highest BCUT2D eigenvalue weighted by Gasteiger charge is 2.49. The highest BCUT2D eigenvalue weighted by atomic mass is 16.4. The van der Waals surface area contributed by atoms with E-state index in [2.05, 4.69) is 12.2 Å². The number of carboxylic acids is 1. The van der Waals surface area contributed by atoms with Crippen molar-refractivity contribution in [2.45, 2.75) is 70.4 Å². The molecule has 2 rings (SSSR count). The van der Waals surface area contributed by atoms with Crippen molar-refractivity contribution >= 4 is 12.0 Å². The first-order valence-electron chi connectivity index (χ1n) is 8.16. The van der Waals surface area contributed by atoms with Crippen molar-refractivity contribution in [3.05, 3.63) is 0 Å². The third-order valence-electron chi connectivity index (χ3n) is 5.47. The van der Waals surface area contributed by atoms with E-state index in [4.69, 9.17) is 0 Å². The zero-order valence-corrected chi connectivity index (χ0v) is 13.4. The van der Waals surface area contributed by atoms with Crippen LogP contribution in [0.1, 0.15) is 58.8 Å². The van der Waals surface area contributed by atoms with Crippen LogP contribution in [-0.2, 0) is 4.79 Å². The maximum atomic E-state index is 12.4. The van der Waals surface area contributed by atoms with Crippen molar-refractivity contribution in [3.8, 4) is 0 Å². The molecule has 0 aromatic heterocycles. The molecular formula is C16H28N2O3. The summed E-state index contributed by atoms with van der Waals surface area (Å²) in [5.74, 6) is -0.0712. The monoisotopic (exact) mass is 296 g/mol. The molecule has 0 radical (unpaired) electrons. The molecule has 0 heterocycles. The third-order valence-corrected chi connectivity index (χ3v) is 5.47. The molecule has 5 nitrogen and oxygen atoms in total. The Labute approximate surface area is 127 Å². The van der Waals surface area contributed by atoms with Crippen LogP contribution in [0.2, 0.25) is 0 Å². The molecule has 1 atom stereocenters. The van der Waals surface area contributed by atoms with Gasteiger partial charge in [0.2, 0.25) is 0 Å². The van der Waals surface area contributed by atoms with Gasteiger partial charge < -0.3 is 15.3 Å². The van der Waals surface area contributed by atoms with Crippen molar-refractivity contribution in [2.75, 3.05) is 7.05 Å². The van der Waals surface area contributed by atoms with Gasteiger partial charge in [-0.1, -0.05) is 13.3 Å². The first-order valence-corrected chi connectivity index (χ1v) is 8.16. The van der Waals surface area contributed by atoms with Gasteiger partial charge in [-0.15, -0.1) is 0 Å². The molecule has 0 spiro atoms. The van der Waals surface area contributed by atoms with Crippen LogP contribution >= 0.6 is 0 Å². The summed E-state index contributed by atoms with van der Waals surface area (Å²) in [5.41, 5.74) is -1.12. The lowest BCUT2D eigenvalue weighted by molar-refractivity contribution is -0.144. The average Bonchev–Trinajstić information content (AvgIpc) is 3.31. The summed E-state index contributed by atoms with van der Waals surface area (Å²) in [6.45, 7) is 3.85. The number of hydrogen-bond acceptors (Lipinski definition) is 2. The van der Waals surface area contributed by atoms with Crippen LogP contribution in [0.15, 0.2) is 0 Å². The number of nitrogens with zero attached hydrogens (tertiary/aromatic N) is 1. The van der Waals surface area contributed by atoms with Gasteiger partial charge in [0.1, 0.15) is 5.54 Å². The zero-order chi connectivity index (χ0) is 15.6. The zero-order valence-electron chi connectivity index (χ0n) is 13.4.